The van der Waals surface area contributed by atoms with Crippen LogP contribution in [-0.2, 0) is 25.6 Å². The van der Waals surface area contributed by atoms with Crippen molar-refractivity contribution in [3.05, 3.63) is 71.3 Å². The van der Waals surface area contributed by atoms with Gasteiger partial charge in [-0.05, 0) is 153 Å². The first-order chi connectivity index (χ1) is 28.0. The van der Waals surface area contributed by atoms with Gasteiger partial charge < -0.3 is 4.74 Å². The SMILES string of the molecule is C=CC1CC1(CC(=O)C1CC(Oc2cc(C3=CCC(CC(C)C)=C3)cc3c(C)c(CCCCC)ccc23)CC1C(=O)C(CC(=O)CC1CC2CC2C1)C(C)(C)C)C(C)=O. The van der Waals surface area contributed by atoms with Gasteiger partial charge in [0.1, 0.15) is 35.0 Å². The van der Waals surface area contributed by atoms with E-state index in [9.17, 15) is 14.4 Å². The number of ether oxygens (including phenoxy) is 1. The Labute approximate surface area is 355 Å². The van der Waals surface area contributed by atoms with Gasteiger partial charge in [0.05, 0.1) is 0 Å². The fraction of sp³-hybridized carbons (Fsp3) is 0.630. The molecule has 2 aromatic carbocycles. The quantitative estimate of drug-likeness (QED) is 0.0984. The predicted octanol–water partition coefficient (Wildman–Crippen LogP) is 12.8. The van der Waals surface area contributed by atoms with Gasteiger partial charge in [-0.2, -0.15) is 0 Å². The zero-order chi connectivity index (χ0) is 42.4. The van der Waals surface area contributed by atoms with Crippen LogP contribution in [-0.4, -0.2) is 29.2 Å². The molecule has 0 N–H and O–H groups in total. The molecule has 5 aliphatic carbocycles. The maximum absolute atomic E-state index is 15.1. The molecular weight excluding hydrogens is 729 g/mol. The second-order valence-corrected chi connectivity index (χ2v) is 21.3. The van der Waals surface area contributed by atoms with Gasteiger partial charge in [0.15, 0.2) is 0 Å². The van der Waals surface area contributed by atoms with Crippen LogP contribution in [0.15, 0.2) is 54.6 Å². The van der Waals surface area contributed by atoms with Crippen LogP contribution in [0.25, 0.3) is 16.3 Å². The van der Waals surface area contributed by atoms with Crippen molar-refractivity contribution < 1.29 is 23.9 Å². The lowest BCUT2D eigenvalue weighted by atomic mass is 9.69. The van der Waals surface area contributed by atoms with Gasteiger partial charge in [-0.25, -0.2) is 0 Å². The molecule has 7 rings (SSSR count). The molecule has 4 fully saturated rings. The van der Waals surface area contributed by atoms with E-state index in [1.807, 2.05) is 6.08 Å². The summed E-state index contributed by atoms with van der Waals surface area (Å²) >= 11 is 0. The highest BCUT2D eigenvalue weighted by Gasteiger charge is 2.59. The smallest absolute Gasteiger partial charge is 0.140 e. The Morgan fingerprint density at radius 1 is 0.966 bits per heavy atom. The van der Waals surface area contributed by atoms with E-state index in [0.717, 1.165) is 67.1 Å². The third-order valence-corrected chi connectivity index (χ3v) is 15.4. The number of carbonyl (C=O) groups excluding carboxylic acids is 4. The summed E-state index contributed by atoms with van der Waals surface area (Å²) in [5.41, 5.74) is 5.29. The topological polar surface area (TPSA) is 77.5 Å². The van der Waals surface area contributed by atoms with Crippen LogP contribution in [0.5, 0.6) is 5.75 Å². The Kier molecular flexibility index (Phi) is 12.8. The fourth-order valence-electron chi connectivity index (χ4n) is 11.6. The number of aryl methyl sites for hydroxylation is 2. The van der Waals surface area contributed by atoms with Gasteiger partial charge >= 0.3 is 0 Å². The summed E-state index contributed by atoms with van der Waals surface area (Å²) in [6.07, 6.45) is 18.7. The monoisotopic (exact) mass is 801 g/mol. The summed E-state index contributed by atoms with van der Waals surface area (Å²) in [4.78, 5) is 56.4. The number of unbranched alkanes of at least 4 members (excludes halogenated alkanes) is 2. The van der Waals surface area contributed by atoms with Crippen molar-refractivity contribution in [2.75, 3.05) is 0 Å². The van der Waals surface area contributed by atoms with E-state index in [1.54, 1.807) is 6.92 Å². The summed E-state index contributed by atoms with van der Waals surface area (Å²) in [7, 11) is 0. The number of fused-ring (bicyclic) bond motifs is 2. The number of benzene rings is 2. The van der Waals surface area contributed by atoms with E-state index in [-0.39, 0.29) is 48.0 Å². The molecule has 0 heterocycles. The van der Waals surface area contributed by atoms with Crippen LogP contribution in [0.4, 0.5) is 0 Å². The van der Waals surface area contributed by atoms with Crippen molar-refractivity contribution in [1.29, 1.82) is 0 Å². The van der Waals surface area contributed by atoms with Crippen LogP contribution in [0.2, 0.25) is 0 Å². The average molecular weight is 801 g/mol. The van der Waals surface area contributed by atoms with Crippen LogP contribution in [0.1, 0.15) is 155 Å². The standard InChI is InChI=1S/C54H72O5/c1-10-12-13-14-37-17-18-45-46(33(37)5)25-41(38-16-15-35(20-38)19-32(3)4)26-51(45)59-44-28-47(50(57)31-54(34(6)55)30-42(54)11-2)48(29-44)52(58)49(53(7,8)9)27-43(56)23-36-21-39-24-40(39)22-36/h11,16-18,20,25-26,32,36,39-40,42,44,47-49H,2,10,12-15,19,21-24,27-31H2,1,3-9H3. The summed E-state index contributed by atoms with van der Waals surface area (Å²) in [5, 5.41) is 2.24. The molecule has 0 bridgehead atoms. The molecule has 8 unspecified atom stereocenters. The number of ketones is 4. The molecule has 2 aromatic rings. The first kappa shape index (κ1) is 43.5. The number of rotatable bonds is 20. The minimum absolute atomic E-state index is 0.0163. The lowest BCUT2D eigenvalue weighted by Gasteiger charge is -2.33. The highest BCUT2D eigenvalue weighted by molar-refractivity contribution is 5.98. The summed E-state index contributed by atoms with van der Waals surface area (Å²) in [6.45, 7) is 20.7. The number of Topliss-reactive ketones (excluding diaryl/α,β-unsaturated/α-hetero) is 4. The Morgan fingerprint density at radius 3 is 2.34 bits per heavy atom. The molecule has 59 heavy (non-hydrogen) atoms. The second-order valence-electron chi connectivity index (χ2n) is 21.3. The fourth-order valence-corrected chi connectivity index (χ4v) is 11.6. The van der Waals surface area contributed by atoms with E-state index < -0.39 is 28.6 Å². The second kappa shape index (κ2) is 17.4. The lowest BCUT2D eigenvalue weighted by molar-refractivity contribution is -0.139. The average Bonchev–Trinajstić information content (AvgIpc) is 3.84. The van der Waals surface area contributed by atoms with Crippen molar-refractivity contribution >= 4 is 39.5 Å². The van der Waals surface area contributed by atoms with E-state index in [2.05, 4.69) is 91.5 Å². The van der Waals surface area contributed by atoms with Crippen molar-refractivity contribution in [3.63, 3.8) is 0 Å². The molecule has 4 saturated carbocycles. The zero-order valence-corrected chi connectivity index (χ0v) is 37.6. The molecule has 8 atom stereocenters. The number of allylic oxidation sites excluding steroid dienone is 5. The van der Waals surface area contributed by atoms with Crippen molar-refractivity contribution in [2.24, 2.45) is 58.2 Å². The molecule has 0 aliphatic heterocycles. The molecule has 0 aromatic heterocycles. The third-order valence-electron chi connectivity index (χ3n) is 15.4. The maximum atomic E-state index is 15.1. The third kappa shape index (κ3) is 9.50. The van der Waals surface area contributed by atoms with Crippen molar-refractivity contribution in [3.8, 4) is 5.75 Å². The molecule has 5 aliphatic rings. The van der Waals surface area contributed by atoms with E-state index in [0.29, 0.717) is 37.5 Å². The van der Waals surface area contributed by atoms with Crippen LogP contribution in [0, 0.1) is 65.1 Å². The van der Waals surface area contributed by atoms with Crippen molar-refractivity contribution in [1.82, 2.24) is 0 Å². The Hall–Kier alpha value is -3.60. The summed E-state index contributed by atoms with van der Waals surface area (Å²) < 4.78 is 7.12. The molecule has 5 nitrogen and oxygen atoms in total. The largest absolute Gasteiger partial charge is 0.490 e. The molecule has 0 radical (unpaired) electrons. The highest BCUT2D eigenvalue weighted by Crippen LogP contribution is 2.58. The molecule has 318 valence electrons. The molecular formula is C54H72O5. The predicted molar refractivity (Wildman–Crippen MR) is 240 cm³/mol. The lowest BCUT2D eigenvalue weighted by Crippen LogP contribution is -2.38. The van der Waals surface area contributed by atoms with E-state index in [4.69, 9.17) is 4.74 Å². The number of carbonyl (C=O) groups is 4. The normalized spacial score (nSPS) is 28.9. The van der Waals surface area contributed by atoms with Gasteiger partial charge in [0.2, 0.25) is 0 Å². The first-order valence-electron chi connectivity index (χ1n) is 23.4. The van der Waals surface area contributed by atoms with E-state index >= 15 is 4.79 Å². The maximum Gasteiger partial charge on any atom is 0.140 e. The van der Waals surface area contributed by atoms with Crippen LogP contribution >= 0.6 is 0 Å². The van der Waals surface area contributed by atoms with Crippen LogP contribution < -0.4 is 4.74 Å². The Bertz CT molecular complexity index is 2030. The molecule has 5 heteroatoms. The summed E-state index contributed by atoms with van der Waals surface area (Å²) in [6, 6.07) is 8.98. The minimum Gasteiger partial charge on any atom is -0.490 e. The molecule has 0 saturated heterocycles. The minimum atomic E-state index is -0.722. The van der Waals surface area contributed by atoms with E-state index in [1.165, 1.54) is 46.9 Å². The highest BCUT2D eigenvalue weighted by atomic mass is 16.5. The van der Waals surface area contributed by atoms with Gasteiger partial charge in [0.25, 0.3) is 0 Å². The first-order valence-corrected chi connectivity index (χ1v) is 23.4. The summed E-state index contributed by atoms with van der Waals surface area (Å²) in [5.74, 6) is 1.98. The Balaban J connectivity index is 1.20. The van der Waals surface area contributed by atoms with Crippen molar-refractivity contribution in [2.45, 2.75) is 158 Å². The molecule has 0 spiro atoms. The molecule has 0 amide bonds. The van der Waals surface area contributed by atoms with Gasteiger partial charge in [-0.15, -0.1) is 6.58 Å². The Morgan fingerprint density at radius 2 is 1.69 bits per heavy atom. The number of hydrogen-bond acceptors (Lipinski definition) is 5. The number of hydrogen-bond donors (Lipinski definition) is 0. The van der Waals surface area contributed by atoms with Gasteiger partial charge in [-0.1, -0.05) is 90.3 Å². The zero-order valence-electron chi connectivity index (χ0n) is 37.6. The van der Waals surface area contributed by atoms with Gasteiger partial charge in [-0.3, -0.25) is 19.2 Å². The van der Waals surface area contributed by atoms with Gasteiger partial charge in [0, 0.05) is 47.8 Å². The van der Waals surface area contributed by atoms with Crippen LogP contribution in [0.3, 0.4) is 0 Å².